The third kappa shape index (κ3) is 2.94. The lowest BCUT2D eigenvalue weighted by atomic mass is 9.98. The molecule has 1 aliphatic rings. The van der Waals surface area contributed by atoms with Crippen molar-refractivity contribution in [2.45, 2.75) is 38.2 Å². The highest BCUT2D eigenvalue weighted by Gasteiger charge is 2.15. The van der Waals surface area contributed by atoms with Crippen molar-refractivity contribution in [3.8, 4) is 5.75 Å². The van der Waals surface area contributed by atoms with E-state index in [1.807, 2.05) is 6.07 Å². The Balaban J connectivity index is 2.00. The van der Waals surface area contributed by atoms with Crippen LogP contribution in [-0.4, -0.2) is 6.10 Å². The second-order valence-electron chi connectivity index (χ2n) is 3.95. The summed E-state index contributed by atoms with van der Waals surface area (Å²) in [5, 5.41) is 0. The van der Waals surface area contributed by atoms with Crippen LogP contribution >= 0.6 is 15.9 Å². The summed E-state index contributed by atoms with van der Waals surface area (Å²) < 4.78 is 19.4. The summed E-state index contributed by atoms with van der Waals surface area (Å²) in [5.74, 6) is 0.380. The molecule has 0 atom stereocenters. The largest absolute Gasteiger partial charge is 0.490 e. The molecule has 82 valence electrons. The Labute approximate surface area is 97.8 Å². The van der Waals surface area contributed by atoms with Crippen molar-refractivity contribution < 1.29 is 9.13 Å². The van der Waals surface area contributed by atoms with Crippen LogP contribution in [0.15, 0.2) is 22.7 Å². The van der Waals surface area contributed by atoms with Crippen LogP contribution < -0.4 is 4.74 Å². The molecular formula is C12H14BrFO. The van der Waals surface area contributed by atoms with Crippen molar-refractivity contribution >= 4 is 15.9 Å². The molecule has 0 saturated heterocycles. The van der Waals surface area contributed by atoms with E-state index < -0.39 is 0 Å². The Hall–Kier alpha value is -0.570. The minimum atomic E-state index is -0.261. The molecule has 1 aromatic rings. The highest BCUT2D eigenvalue weighted by Crippen LogP contribution is 2.26. The topological polar surface area (TPSA) is 9.23 Å². The Kier molecular flexibility index (Phi) is 3.62. The van der Waals surface area contributed by atoms with E-state index in [1.54, 1.807) is 6.07 Å². The first kappa shape index (κ1) is 10.9. The third-order valence-corrected chi connectivity index (χ3v) is 3.39. The molecule has 0 aliphatic heterocycles. The molecule has 1 nitrogen and oxygen atoms in total. The first-order valence-corrected chi connectivity index (χ1v) is 6.17. The molecule has 0 spiro atoms. The molecule has 0 aromatic heterocycles. The van der Waals surface area contributed by atoms with Gasteiger partial charge in [0, 0.05) is 6.07 Å². The van der Waals surface area contributed by atoms with Crippen molar-refractivity contribution in [1.82, 2.24) is 0 Å². The first-order valence-electron chi connectivity index (χ1n) is 5.37. The van der Waals surface area contributed by atoms with E-state index in [0.717, 1.165) is 12.8 Å². The zero-order valence-electron chi connectivity index (χ0n) is 8.51. The maximum atomic E-state index is 13.2. The van der Waals surface area contributed by atoms with Gasteiger partial charge in [-0.25, -0.2) is 4.39 Å². The van der Waals surface area contributed by atoms with Gasteiger partial charge in [0.2, 0.25) is 0 Å². The number of halogens is 2. The van der Waals surface area contributed by atoms with Gasteiger partial charge in [0.15, 0.2) is 0 Å². The number of hydrogen-bond acceptors (Lipinski definition) is 1. The van der Waals surface area contributed by atoms with E-state index >= 15 is 0 Å². The Bertz CT molecular complexity index is 334. The summed E-state index contributed by atoms with van der Waals surface area (Å²) in [6.45, 7) is 0. The van der Waals surface area contributed by atoms with Crippen LogP contribution in [0, 0.1) is 5.82 Å². The number of hydrogen-bond donors (Lipinski definition) is 0. The summed E-state index contributed by atoms with van der Waals surface area (Å²) in [6.07, 6.45) is 6.22. The SMILES string of the molecule is Fc1cc(OC2CCCCC2)ccc1Br. The third-order valence-electron chi connectivity index (χ3n) is 2.75. The molecule has 0 bridgehead atoms. The average molecular weight is 273 g/mol. The van der Waals surface area contributed by atoms with E-state index in [9.17, 15) is 4.39 Å². The van der Waals surface area contributed by atoms with Crippen molar-refractivity contribution in [2.24, 2.45) is 0 Å². The van der Waals surface area contributed by atoms with Crippen LogP contribution in [0.1, 0.15) is 32.1 Å². The molecule has 2 rings (SSSR count). The molecule has 3 heteroatoms. The standard InChI is InChI=1S/C12H14BrFO/c13-11-7-6-10(8-12(11)14)15-9-4-2-1-3-5-9/h6-9H,1-5H2. The van der Waals surface area contributed by atoms with E-state index in [-0.39, 0.29) is 11.9 Å². The van der Waals surface area contributed by atoms with Gasteiger partial charge in [-0.3, -0.25) is 0 Å². The zero-order chi connectivity index (χ0) is 10.7. The maximum Gasteiger partial charge on any atom is 0.141 e. The van der Waals surface area contributed by atoms with Crippen molar-refractivity contribution in [2.75, 3.05) is 0 Å². The van der Waals surface area contributed by atoms with Crippen LogP contribution in [-0.2, 0) is 0 Å². The van der Waals surface area contributed by atoms with Crippen molar-refractivity contribution in [3.05, 3.63) is 28.5 Å². The summed E-state index contributed by atoms with van der Waals surface area (Å²) in [6, 6.07) is 4.94. The van der Waals surface area contributed by atoms with Gasteiger partial charge in [-0.2, -0.15) is 0 Å². The summed E-state index contributed by atoms with van der Waals surface area (Å²) in [4.78, 5) is 0. The number of ether oxygens (including phenoxy) is 1. The lowest BCUT2D eigenvalue weighted by Gasteiger charge is -2.23. The smallest absolute Gasteiger partial charge is 0.141 e. The van der Waals surface area contributed by atoms with E-state index in [0.29, 0.717) is 10.2 Å². The lowest BCUT2D eigenvalue weighted by molar-refractivity contribution is 0.154. The van der Waals surface area contributed by atoms with Gasteiger partial charge in [-0.1, -0.05) is 6.42 Å². The Morgan fingerprint density at radius 3 is 2.60 bits per heavy atom. The quantitative estimate of drug-likeness (QED) is 0.780. The molecule has 1 saturated carbocycles. The summed E-state index contributed by atoms with van der Waals surface area (Å²) in [5.41, 5.74) is 0. The van der Waals surface area contributed by atoms with Gasteiger partial charge in [0.05, 0.1) is 10.6 Å². The van der Waals surface area contributed by atoms with Crippen LogP contribution in [0.5, 0.6) is 5.75 Å². The monoisotopic (exact) mass is 272 g/mol. The van der Waals surface area contributed by atoms with Gasteiger partial charge in [0.1, 0.15) is 11.6 Å². The van der Waals surface area contributed by atoms with E-state index in [1.165, 1.54) is 25.3 Å². The predicted molar refractivity (Wildman–Crippen MR) is 61.6 cm³/mol. The average Bonchev–Trinajstić information content (AvgIpc) is 2.25. The van der Waals surface area contributed by atoms with Crippen molar-refractivity contribution in [1.29, 1.82) is 0 Å². The molecular weight excluding hydrogens is 259 g/mol. The lowest BCUT2D eigenvalue weighted by Crippen LogP contribution is -2.19. The van der Waals surface area contributed by atoms with E-state index in [2.05, 4.69) is 15.9 Å². The molecule has 0 amide bonds. The highest BCUT2D eigenvalue weighted by atomic mass is 79.9. The zero-order valence-corrected chi connectivity index (χ0v) is 10.1. The molecule has 0 heterocycles. The van der Waals surface area contributed by atoms with Crippen LogP contribution in [0.3, 0.4) is 0 Å². The molecule has 15 heavy (non-hydrogen) atoms. The van der Waals surface area contributed by atoms with E-state index in [4.69, 9.17) is 4.74 Å². The second-order valence-corrected chi connectivity index (χ2v) is 4.81. The minimum absolute atomic E-state index is 0.261. The number of rotatable bonds is 2. The molecule has 0 N–H and O–H groups in total. The van der Waals surface area contributed by atoms with Gasteiger partial charge >= 0.3 is 0 Å². The summed E-state index contributed by atoms with van der Waals surface area (Å²) in [7, 11) is 0. The van der Waals surface area contributed by atoms with Gasteiger partial charge in [-0.05, 0) is 53.7 Å². The van der Waals surface area contributed by atoms with Gasteiger partial charge in [0.25, 0.3) is 0 Å². The molecule has 0 unspecified atom stereocenters. The predicted octanol–water partition coefficient (Wildman–Crippen LogP) is 4.30. The Morgan fingerprint density at radius 2 is 1.93 bits per heavy atom. The van der Waals surface area contributed by atoms with Crippen molar-refractivity contribution in [3.63, 3.8) is 0 Å². The number of benzene rings is 1. The van der Waals surface area contributed by atoms with Crippen LogP contribution in [0.2, 0.25) is 0 Å². The second kappa shape index (κ2) is 4.97. The highest BCUT2D eigenvalue weighted by molar-refractivity contribution is 9.10. The maximum absolute atomic E-state index is 13.2. The van der Waals surface area contributed by atoms with Gasteiger partial charge < -0.3 is 4.74 Å². The fraction of sp³-hybridized carbons (Fsp3) is 0.500. The molecule has 0 radical (unpaired) electrons. The fourth-order valence-electron chi connectivity index (χ4n) is 1.93. The summed E-state index contributed by atoms with van der Waals surface area (Å²) >= 11 is 3.12. The Morgan fingerprint density at radius 1 is 1.20 bits per heavy atom. The van der Waals surface area contributed by atoms with Crippen LogP contribution in [0.25, 0.3) is 0 Å². The van der Waals surface area contributed by atoms with Crippen LogP contribution in [0.4, 0.5) is 4.39 Å². The minimum Gasteiger partial charge on any atom is -0.490 e. The molecule has 1 aliphatic carbocycles. The van der Waals surface area contributed by atoms with Gasteiger partial charge in [-0.15, -0.1) is 0 Å². The molecule has 1 fully saturated rings. The fourth-order valence-corrected chi connectivity index (χ4v) is 2.17. The normalized spacial score (nSPS) is 17.7. The molecule has 1 aromatic carbocycles. The first-order chi connectivity index (χ1) is 7.25.